The lowest BCUT2D eigenvalue weighted by atomic mass is 9.93. The first kappa shape index (κ1) is 28.7. The van der Waals surface area contributed by atoms with Gasteiger partial charge in [-0.1, -0.05) is 121 Å². The largest absolute Gasteiger partial charge is 0.456 e. The minimum absolute atomic E-state index is 0.576. The van der Waals surface area contributed by atoms with Crippen LogP contribution in [0.1, 0.15) is 0 Å². The highest BCUT2D eigenvalue weighted by atomic mass is 16.3. The molecule has 0 N–H and O–H groups in total. The highest BCUT2D eigenvalue weighted by molar-refractivity contribution is 6.16. The van der Waals surface area contributed by atoms with Gasteiger partial charge in [0, 0.05) is 38.2 Å². The molecule has 11 rings (SSSR count). The van der Waals surface area contributed by atoms with Gasteiger partial charge in [0.05, 0.1) is 0 Å². The zero-order valence-electron chi connectivity index (χ0n) is 27.7. The Labute approximate surface area is 297 Å². The van der Waals surface area contributed by atoms with Crippen molar-refractivity contribution in [1.29, 1.82) is 0 Å². The van der Waals surface area contributed by atoms with Gasteiger partial charge in [0.1, 0.15) is 22.3 Å². The third kappa shape index (κ3) is 4.46. The van der Waals surface area contributed by atoms with Crippen LogP contribution in [0.15, 0.2) is 173 Å². The van der Waals surface area contributed by atoms with E-state index in [1.165, 1.54) is 16.2 Å². The minimum Gasteiger partial charge on any atom is -0.456 e. The summed E-state index contributed by atoms with van der Waals surface area (Å²) >= 11 is 0. The predicted molar refractivity (Wildman–Crippen MR) is 211 cm³/mol. The lowest BCUT2D eigenvalue weighted by Crippen LogP contribution is -2.01. The molecule has 0 spiro atoms. The molecule has 52 heavy (non-hydrogen) atoms. The Hall–Kier alpha value is -7.11. The normalized spacial score (nSPS) is 11.8. The van der Waals surface area contributed by atoms with Crippen LogP contribution in [-0.2, 0) is 0 Å². The molecule has 0 atom stereocenters. The fourth-order valence-electron chi connectivity index (χ4n) is 7.67. The Kier molecular flexibility index (Phi) is 6.18. The number of aromatic nitrogens is 3. The maximum absolute atomic E-state index is 6.45. The van der Waals surface area contributed by atoms with Crippen molar-refractivity contribution >= 4 is 65.4 Å². The summed E-state index contributed by atoms with van der Waals surface area (Å²) in [5, 5.41) is 8.86. The van der Waals surface area contributed by atoms with Crippen LogP contribution in [0.3, 0.4) is 0 Å². The molecule has 0 unspecified atom stereocenters. The summed E-state index contributed by atoms with van der Waals surface area (Å²) in [7, 11) is 0. The molecule has 0 saturated heterocycles. The third-order valence-corrected chi connectivity index (χ3v) is 10.1. The van der Waals surface area contributed by atoms with Gasteiger partial charge in [-0.05, 0) is 75.1 Å². The number of hydrogen-bond donors (Lipinski definition) is 0. The van der Waals surface area contributed by atoms with Crippen molar-refractivity contribution in [2.75, 3.05) is 0 Å². The summed E-state index contributed by atoms with van der Waals surface area (Å²) in [6.45, 7) is 0. The van der Waals surface area contributed by atoms with E-state index >= 15 is 0 Å². The maximum atomic E-state index is 6.45. The van der Waals surface area contributed by atoms with Gasteiger partial charge < -0.3 is 8.83 Å². The SMILES string of the molecule is c1ccc(-c2nc(-c3ccc4c(ccc5ccccc54)c3)nc(-c3c(-c4ccc5oc6ccccc6c5c4)ccc4oc5ccccc5c34)n2)cc1. The van der Waals surface area contributed by atoms with Crippen molar-refractivity contribution in [3.8, 4) is 45.3 Å². The van der Waals surface area contributed by atoms with Crippen molar-refractivity contribution < 1.29 is 8.83 Å². The molecule has 0 aliphatic heterocycles. The van der Waals surface area contributed by atoms with Crippen molar-refractivity contribution in [3.63, 3.8) is 0 Å². The number of rotatable bonds is 4. The summed E-state index contributed by atoms with van der Waals surface area (Å²) in [5.74, 6) is 1.78. The van der Waals surface area contributed by atoms with Crippen LogP contribution in [-0.4, -0.2) is 15.0 Å². The fraction of sp³-hybridized carbons (Fsp3) is 0. The monoisotopic (exact) mass is 665 g/mol. The number of para-hydroxylation sites is 2. The first-order valence-electron chi connectivity index (χ1n) is 17.3. The molecule has 0 saturated carbocycles. The number of nitrogens with zero attached hydrogens (tertiary/aromatic N) is 3. The van der Waals surface area contributed by atoms with E-state index in [-0.39, 0.29) is 0 Å². The Balaban J connectivity index is 1.21. The molecular formula is C47H27N3O2. The third-order valence-electron chi connectivity index (χ3n) is 10.1. The van der Waals surface area contributed by atoms with Gasteiger partial charge in [0.2, 0.25) is 0 Å². The van der Waals surface area contributed by atoms with E-state index in [9.17, 15) is 0 Å². The first-order chi connectivity index (χ1) is 25.7. The second-order valence-corrected chi connectivity index (χ2v) is 13.2. The number of benzene rings is 8. The lowest BCUT2D eigenvalue weighted by Gasteiger charge is -2.14. The van der Waals surface area contributed by atoms with E-state index < -0.39 is 0 Å². The fourth-order valence-corrected chi connectivity index (χ4v) is 7.67. The van der Waals surface area contributed by atoms with Crippen LogP contribution in [0, 0.1) is 0 Å². The van der Waals surface area contributed by atoms with Gasteiger partial charge >= 0.3 is 0 Å². The highest BCUT2D eigenvalue weighted by Crippen LogP contribution is 2.44. The summed E-state index contributed by atoms with van der Waals surface area (Å²) < 4.78 is 12.7. The minimum atomic E-state index is 0.576. The Morgan fingerprint density at radius 2 is 0.923 bits per heavy atom. The van der Waals surface area contributed by atoms with Crippen molar-refractivity contribution in [1.82, 2.24) is 15.0 Å². The average molecular weight is 666 g/mol. The zero-order chi connectivity index (χ0) is 34.2. The molecule has 0 aliphatic rings. The van der Waals surface area contributed by atoms with E-state index in [0.717, 1.165) is 77.1 Å². The molecular weight excluding hydrogens is 639 g/mol. The Bertz CT molecular complexity index is 3190. The average Bonchev–Trinajstić information content (AvgIpc) is 3.78. The van der Waals surface area contributed by atoms with Crippen LogP contribution < -0.4 is 0 Å². The molecule has 0 fully saturated rings. The summed E-state index contributed by atoms with van der Waals surface area (Å²) in [4.78, 5) is 15.7. The number of fused-ring (bicyclic) bond motifs is 9. The maximum Gasteiger partial charge on any atom is 0.165 e. The standard InChI is InChI=1S/C47H27N3O2/c1-2-11-29(12-3-1)45-48-46(32-20-22-34-30(26-32)19-18-28-10-4-5-13-33(28)34)50-47(49-45)44-35(23-25-42-43(44)37-15-7-9-17-40(37)52-42)31-21-24-41-38(27-31)36-14-6-8-16-39(36)51-41/h1-27H. The van der Waals surface area contributed by atoms with E-state index in [1.54, 1.807) is 0 Å². The van der Waals surface area contributed by atoms with Gasteiger partial charge in [-0.15, -0.1) is 0 Å². The lowest BCUT2D eigenvalue weighted by molar-refractivity contribution is 0.668. The van der Waals surface area contributed by atoms with Gasteiger partial charge in [-0.2, -0.15) is 0 Å². The van der Waals surface area contributed by atoms with E-state index in [2.05, 4.69) is 97.1 Å². The molecule has 11 aromatic rings. The van der Waals surface area contributed by atoms with Crippen molar-refractivity contribution in [3.05, 3.63) is 164 Å². The van der Waals surface area contributed by atoms with Gasteiger partial charge in [0.25, 0.3) is 0 Å². The molecule has 0 radical (unpaired) electrons. The zero-order valence-corrected chi connectivity index (χ0v) is 27.7. The molecule has 242 valence electrons. The second kappa shape index (κ2) is 11.2. The topological polar surface area (TPSA) is 65.0 Å². The highest BCUT2D eigenvalue weighted by Gasteiger charge is 2.23. The Morgan fingerprint density at radius 1 is 0.327 bits per heavy atom. The second-order valence-electron chi connectivity index (χ2n) is 13.2. The van der Waals surface area contributed by atoms with Crippen LogP contribution in [0.2, 0.25) is 0 Å². The van der Waals surface area contributed by atoms with Gasteiger partial charge in [-0.25, -0.2) is 15.0 Å². The predicted octanol–water partition coefficient (Wildman–Crippen LogP) is 12.6. The summed E-state index contributed by atoms with van der Waals surface area (Å²) in [6.07, 6.45) is 0. The number of furan rings is 2. The molecule has 0 amide bonds. The smallest absolute Gasteiger partial charge is 0.165 e. The van der Waals surface area contributed by atoms with Gasteiger partial charge in [-0.3, -0.25) is 0 Å². The van der Waals surface area contributed by atoms with Crippen LogP contribution >= 0.6 is 0 Å². The molecule has 3 heterocycles. The van der Waals surface area contributed by atoms with Crippen LogP contribution in [0.4, 0.5) is 0 Å². The van der Waals surface area contributed by atoms with Crippen molar-refractivity contribution in [2.24, 2.45) is 0 Å². The van der Waals surface area contributed by atoms with Gasteiger partial charge in [0.15, 0.2) is 17.5 Å². The molecule has 8 aromatic carbocycles. The van der Waals surface area contributed by atoms with E-state index in [1.807, 2.05) is 66.7 Å². The van der Waals surface area contributed by atoms with Crippen LogP contribution in [0.5, 0.6) is 0 Å². The van der Waals surface area contributed by atoms with Crippen LogP contribution in [0.25, 0.3) is 111 Å². The molecule has 0 aliphatic carbocycles. The Morgan fingerprint density at radius 3 is 1.79 bits per heavy atom. The molecule has 3 aromatic heterocycles. The summed E-state index contributed by atoms with van der Waals surface area (Å²) in [6, 6.07) is 56.3. The quantitative estimate of drug-likeness (QED) is 0.175. The molecule has 0 bridgehead atoms. The van der Waals surface area contributed by atoms with E-state index in [0.29, 0.717) is 17.5 Å². The molecule has 5 nitrogen and oxygen atoms in total. The first-order valence-corrected chi connectivity index (χ1v) is 17.3. The number of hydrogen-bond acceptors (Lipinski definition) is 5. The van der Waals surface area contributed by atoms with E-state index in [4.69, 9.17) is 23.8 Å². The molecule has 5 heteroatoms. The van der Waals surface area contributed by atoms with Crippen molar-refractivity contribution in [2.45, 2.75) is 0 Å². The summed E-state index contributed by atoms with van der Waals surface area (Å²) in [5.41, 5.74) is 8.04.